The van der Waals surface area contributed by atoms with E-state index in [1.54, 1.807) is 7.11 Å². The number of hydrogen-bond donors (Lipinski definition) is 1. The Morgan fingerprint density at radius 1 is 1.42 bits per heavy atom. The van der Waals surface area contributed by atoms with E-state index >= 15 is 0 Å². The summed E-state index contributed by atoms with van der Waals surface area (Å²) in [7, 11) is 1.73. The maximum absolute atomic E-state index is 14.3. The van der Waals surface area contributed by atoms with Crippen molar-refractivity contribution in [1.82, 2.24) is 0 Å². The van der Waals surface area contributed by atoms with E-state index in [0.29, 0.717) is 22.6 Å². The molecule has 1 aliphatic heterocycles. The fourth-order valence-electron chi connectivity index (χ4n) is 2.56. The van der Waals surface area contributed by atoms with Crippen LogP contribution in [0.3, 0.4) is 0 Å². The van der Waals surface area contributed by atoms with Crippen LogP contribution < -0.4 is 10.6 Å². The topological polar surface area (TPSA) is 38.5 Å². The van der Waals surface area contributed by atoms with Crippen molar-refractivity contribution in [3.05, 3.63) is 28.0 Å². The number of benzene rings is 1. The predicted octanol–water partition coefficient (Wildman–Crippen LogP) is 2.91. The van der Waals surface area contributed by atoms with Gasteiger partial charge in [0.1, 0.15) is 0 Å². The van der Waals surface area contributed by atoms with Crippen LogP contribution in [0.2, 0.25) is 0 Å². The third-order valence-electron chi connectivity index (χ3n) is 3.72. The Morgan fingerprint density at radius 3 is 2.68 bits per heavy atom. The first-order chi connectivity index (χ1) is 9.17. The van der Waals surface area contributed by atoms with Gasteiger partial charge in [0.25, 0.3) is 0 Å². The zero-order valence-corrected chi connectivity index (χ0v) is 12.7. The highest BCUT2D eigenvalue weighted by atomic mass is 79.9. The summed E-state index contributed by atoms with van der Waals surface area (Å²) in [6.07, 6.45) is 2.09. The predicted molar refractivity (Wildman–Crippen MR) is 78.8 cm³/mol. The largest absolute Gasteiger partial charge is 0.384 e. The molecule has 2 rings (SSSR count). The van der Waals surface area contributed by atoms with Crippen molar-refractivity contribution >= 4 is 21.6 Å². The quantitative estimate of drug-likeness (QED) is 0.922. The Bertz CT molecular complexity index is 434. The van der Waals surface area contributed by atoms with Crippen molar-refractivity contribution in [1.29, 1.82) is 0 Å². The molecule has 1 aromatic rings. The van der Waals surface area contributed by atoms with Crippen molar-refractivity contribution in [3.63, 3.8) is 0 Å². The molecule has 2 N–H and O–H groups in total. The first-order valence-electron chi connectivity index (χ1n) is 6.58. The Labute approximate surface area is 122 Å². The molecule has 1 aliphatic rings. The molecule has 1 aromatic carbocycles. The molecular weight excluding hydrogens is 311 g/mol. The van der Waals surface area contributed by atoms with E-state index in [-0.39, 0.29) is 5.82 Å². The first-order valence-corrected chi connectivity index (χ1v) is 7.37. The van der Waals surface area contributed by atoms with Gasteiger partial charge in [0, 0.05) is 33.4 Å². The minimum absolute atomic E-state index is 0.201. The summed E-state index contributed by atoms with van der Waals surface area (Å²) in [5.74, 6) is 0.393. The Balaban J connectivity index is 2.09. The minimum atomic E-state index is -0.201. The van der Waals surface area contributed by atoms with Crippen LogP contribution in [0.1, 0.15) is 18.4 Å². The van der Waals surface area contributed by atoms with Crippen molar-refractivity contribution < 1.29 is 9.13 Å². The van der Waals surface area contributed by atoms with Gasteiger partial charge in [0.05, 0.1) is 10.2 Å². The zero-order chi connectivity index (χ0) is 13.8. The molecule has 1 heterocycles. The van der Waals surface area contributed by atoms with Gasteiger partial charge in [-0.3, -0.25) is 0 Å². The molecule has 0 aromatic heterocycles. The van der Waals surface area contributed by atoms with Gasteiger partial charge in [0.15, 0.2) is 5.82 Å². The molecule has 19 heavy (non-hydrogen) atoms. The molecule has 5 heteroatoms. The van der Waals surface area contributed by atoms with E-state index in [0.717, 1.165) is 38.1 Å². The van der Waals surface area contributed by atoms with Crippen LogP contribution in [0.15, 0.2) is 16.6 Å². The average molecular weight is 331 g/mol. The number of methoxy groups -OCH3 is 1. The molecule has 106 valence electrons. The molecular formula is C14H20BrFN2O. The zero-order valence-electron chi connectivity index (χ0n) is 11.2. The maximum Gasteiger partial charge on any atom is 0.160 e. The number of halogens is 2. The summed E-state index contributed by atoms with van der Waals surface area (Å²) >= 11 is 3.29. The monoisotopic (exact) mass is 330 g/mol. The second-order valence-electron chi connectivity index (χ2n) is 4.96. The van der Waals surface area contributed by atoms with E-state index in [2.05, 4.69) is 20.8 Å². The normalized spacial score (nSPS) is 16.9. The van der Waals surface area contributed by atoms with Gasteiger partial charge >= 0.3 is 0 Å². The number of piperidine rings is 1. The third-order valence-corrected chi connectivity index (χ3v) is 4.58. The summed E-state index contributed by atoms with van der Waals surface area (Å²) < 4.78 is 20.0. The molecule has 0 bridgehead atoms. The summed E-state index contributed by atoms with van der Waals surface area (Å²) in [6.45, 7) is 2.89. The molecule has 1 saturated heterocycles. The molecule has 0 atom stereocenters. The van der Waals surface area contributed by atoms with Gasteiger partial charge in [-0.05, 0) is 46.3 Å². The lowest BCUT2D eigenvalue weighted by Gasteiger charge is -2.33. The first kappa shape index (κ1) is 14.8. The number of nitrogens with two attached hydrogens (primary N) is 1. The number of rotatable bonds is 4. The number of nitrogens with zero attached hydrogens (tertiary/aromatic N) is 1. The van der Waals surface area contributed by atoms with Gasteiger partial charge in [-0.1, -0.05) is 6.07 Å². The molecule has 3 nitrogen and oxygen atoms in total. The smallest absolute Gasteiger partial charge is 0.160 e. The fourth-order valence-corrected chi connectivity index (χ4v) is 3.05. The van der Waals surface area contributed by atoms with Gasteiger partial charge in [-0.15, -0.1) is 0 Å². The van der Waals surface area contributed by atoms with Crippen LogP contribution in [-0.2, 0) is 11.3 Å². The Morgan fingerprint density at radius 2 is 2.11 bits per heavy atom. The van der Waals surface area contributed by atoms with Crippen LogP contribution >= 0.6 is 15.9 Å². The van der Waals surface area contributed by atoms with Gasteiger partial charge in [-0.25, -0.2) is 4.39 Å². The van der Waals surface area contributed by atoms with Crippen LogP contribution in [0.5, 0.6) is 0 Å². The van der Waals surface area contributed by atoms with Crippen molar-refractivity contribution in [2.75, 3.05) is 31.7 Å². The third kappa shape index (κ3) is 3.27. The highest BCUT2D eigenvalue weighted by molar-refractivity contribution is 9.10. The highest BCUT2D eigenvalue weighted by Gasteiger charge is 2.22. The number of hydrogen-bond acceptors (Lipinski definition) is 3. The van der Waals surface area contributed by atoms with Crippen molar-refractivity contribution in [2.24, 2.45) is 11.7 Å². The SMILES string of the molecule is COCC1CCN(c2ccc(CN)c(Br)c2F)CC1. The highest BCUT2D eigenvalue weighted by Crippen LogP contribution is 2.31. The molecule has 1 fully saturated rings. The molecule has 0 spiro atoms. The van der Waals surface area contributed by atoms with E-state index < -0.39 is 0 Å². The van der Waals surface area contributed by atoms with Crippen molar-refractivity contribution in [3.8, 4) is 0 Å². The van der Waals surface area contributed by atoms with Gasteiger partial charge in [0.2, 0.25) is 0 Å². The lowest BCUT2D eigenvalue weighted by atomic mass is 9.97. The number of anilines is 1. The van der Waals surface area contributed by atoms with Crippen LogP contribution in [-0.4, -0.2) is 26.8 Å². The molecule has 0 aliphatic carbocycles. The maximum atomic E-state index is 14.3. The number of ether oxygens (including phenoxy) is 1. The second kappa shape index (κ2) is 6.68. The average Bonchev–Trinajstić information content (AvgIpc) is 2.43. The van der Waals surface area contributed by atoms with Crippen molar-refractivity contribution in [2.45, 2.75) is 19.4 Å². The standard InChI is InChI=1S/C14H20BrFN2O/c1-19-9-10-4-6-18(7-5-10)12-3-2-11(8-17)13(15)14(12)16/h2-3,10H,4-9,17H2,1H3. The van der Waals surface area contributed by atoms with Crippen LogP contribution in [0.4, 0.5) is 10.1 Å². The van der Waals surface area contributed by atoms with Crippen LogP contribution in [0.25, 0.3) is 0 Å². The Kier molecular flexibility index (Phi) is 5.19. The molecule has 0 unspecified atom stereocenters. The van der Waals surface area contributed by atoms with E-state index in [4.69, 9.17) is 10.5 Å². The molecule has 0 amide bonds. The lowest BCUT2D eigenvalue weighted by Crippen LogP contribution is -2.35. The second-order valence-corrected chi connectivity index (χ2v) is 5.75. The fraction of sp³-hybridized carbons (Fsp3) is 0.571. The van der Waals surface area contributed by atoms with Crippen LogP contribution in [0, 0.1) is 11.7 Å². The lowest BCUT2D eigenvalue weighted by molar-refractivity contribution is 0.139. The van der Waals surface area contributed by atoms with Gasteiger partial charge in [-0.2, -0.15) is 0 Å². The van der Waals surface area contributed by atoms with E-state index in [9.17, 15) is 4.39 Å². The summed E-state index contributed by atoms with van der Waals surface area (Å²) in [5, 5.41) is 0. The summed E-state index contributed by atoms with van der Waals surface area (Å²) in [4.78, 5) is 2.10. The van der Waals surface area contributed by atoms with E-state index in [1.165, 1.54) is 0 Å². The minimum Gasteiger partial charge on any atom is -0.384 e. The summed E-state index contributed by atoms with van der Waals surface area (Å²) in [5.41, 5.74) is 7.04. The van der Waals surface area contributed by atoms with Gasteiger partial charge < -0.3 is 15.4 Å². The molecule has 0 radical (unpaired) electrons. The van der Waals surface area contributed by atoms with E-state index in [1.807, 2.05) is 12.1 Å². The molecule has 0 saturated carbocycles. The summed E-state index contributed by atoms with van der Waals surface area (Å²) in [6, 6.07) is 3.72. The Hall–Kier alpha value is -0.650.